The molecule has 2 rings (SSSR count). The van der Waals surface area contributed by atoms with Gasteiger partial charge < -0.3 is 10.6 Å². The van der Waals surface area contributed by atoms with E-state index in [1.165, 1.54) is 5.56 Å². The van der Waals surface area contributed by atoms with E-state index in [9.17, 15) is 4.79 Å². The zero-order valence-corrected chi connectivity index (χ0v) is 13.4. The molecular weight excluding hydrogens is 328 g/mol. The molecule has 2 unspecified atom stereocenters. The fraction of sp³-hybridized carbons (Fsp3) is 0.500. The molecular formula is C14H20BrClN2O. The zero-order chi connectivity index (χ0) is 13.0. The van der Waals surface area contributed by atoms with Crippen LogP contribution in [0.4, 0.5) is 0 Å². The highest BCUT2D eigenvalue weighted by Crippen LogP contribution is 2.17. The van der Waals surface area contributed by atoms with E-state index in [4.69, 9.17) is 0 Å². The lowest BCUT2D eigenvalue weighted by Crippen LogP contribution is -2.44. The number of halogens is 2. The Hall–Kier alpha value is -0.580. The van der Waals surface area contributed by atoms with Crippen molar-refractivity contribution >= 4 is 34.2 Å². The molecule has 0 aliphatic carbocycles. The predicted molar refractivity (Wildman–Crippen MR) is 83.7 cm³/mol. The smallest absolute Gasteiger partial charge is 0.237 e. The summed E-state index contributed by atoms with van der Waals surface area (Å²) in [6.45, 7) is 3.00. The molecule has 1 fully saturated rings. The van der Waals surface area contributed by atoms with Crippen LogP contribution in [0.15, 0.2) is 28.7 Å². The van der Waals surface area contributed by atoms with Gasteiger partial charge in [-0.05, 0) is 44.4 Å². The van der Waals surface area contributed by atoms with Gasteiger partial charge in [0.25, 0.3) is 0 Å². The fourth-order valence-electron chi connectivity index (χ4n) is 2.30. The van der Waals surface area contributed by atoms with Gasteiger partial charge in [-0.1, -0.05) is 34.1 Å². The summed E-state index contributed by atoms with van der Waals surface area (Å²) >= 11 is 3.53. The number of carbonyl (C=O) groups is 1. The summed E-state index contributed by atoms with van der Waals surface area (Å²) in [6.07, 6.45) is 2.89. The van der Waals surface area contributed by atoms with Gasteiger partial charge >= 0.3 is 0 Å². The molecule has 0 spiro atoms. The molecule has 1 aromatic carbocycles. The molecule has 1 heterocycles. The van der Waals surface area contributed by atoms with Crippen LogP contribution < -0.4 is 10.6 Å². The van der Waals surface area contributed by atoms with Gasteiger partial charge in [-0.2, -0.15) is 0 Å². The van der Waals surface area contributed by atoms with E-state index in [1.807, 2.05) is 25.1 Å². The number of hydrogen-bond donors (Lipinski definition) is 2. The average molecular weight is 348 g/mol. The van der Waals surface area contributed by atoms with Crippen LogP contribution in [0.5, 0.6) is 0 Å². The van der Waals surface area contributed by atoms with Crippen LogP contribution in [0, 0.1) is 0 Å². The second-order valence-electron chi connectivity index (χ2n) is 4.85. The molecule has 1 aromatic rings. The molecule has 0 radical (unpaired) electrons. The van der Waals surface area contributed by atoms with Crippen LogP contribution in [0.3, 0.4) is 0 Å². The molecule has 0 bridgehead atoms. The number of amides is 1. The first-order valence-electron chi connectivity index (χ1n) is 6.44. The Labute approximate surface area is 129 Å². The van der Waals surface area contributed by atoms with Gasteiger partial charge in [-0.25, -0.2) is 0 Å². The Morgan fingerprint density at radius 3 is 2.89 bits per heavy atom. The lowest BCUT2D eigenvalue weighted by Gasteiger charge is -2.17. The summed E-state index contributed by atoms with van der Waals surface area (Å²) in [4.78, 5) is 11.9. The van der Waals surface area contributed by atoms with Gasteiger partial charge in [0.1, 0.15) is 0 Å². The van der Waals surface area contributed by atoms with Crippen molar-refractivity contribution in [2.45, 2.75) is 38.3 Å². The number of carbonyl (C=O) groups excluding carboxylic acids is 1. The first kappa shape index (κ1) is 16.5. The summed E-state index contributed by atoms with van der Waals surface area (Å²) < 4.78 is 1.10. The molecule has 1 saturated heterocycles. The Bertz CT molecular complexity index is 422. The maximum absolute atomic E-state index is 11.9. The summed E-state index contributed by atoms with van der Waals surface area (Å²) in [5.74, 6) is 0.132. The van der Waals surface area contributed by atoms with Crippen molar-refractivity contribution in [3.05, 3.63) is 34.3 Å². The van der Waals surface area contributed by atoms with Crippen LogP contribution in [-0.2, 0) is 11.2 Å². The van der Waals surface area contributed by atoms with E-state index in [1.54, 1.807) is 0 Å². The Morgan fingerprint density at radius 2 is 2.26 bits per heavy atom. The van der Waals surface area contributed by atoms with Crippen molar-refractivity contribution in [1.29, 1.82) is 0 Å². The third-order valence-electron chi connectivity index (χ3n) is 3.25. The Kier molecular flexibility index (Phi) is 6.83. The minimum absolute atomic E-state index is 0. The van der Waals surface area contributed by atoms with Crippen molar-refractivity contribution in [2.24, 2.45) is 0 Å². The van der Waals surface area contributed by atoms with Gasteiger partial charge in [-0.15, -0.1) is 12.4 Å². The van der Waals surface area contributed by atoms with E-state index >= 15 is 0 Å². The number of rotatable bonds is 4. The van der Waals surface area contributed by atoms with Crippen molar-refractivity contribution in [3.63, 3.8) is 0 Å². The maximum atomic E-state index is 11.9. The highest BCUT2D eigenvalue weighted by Gasteiger charge is 2.22. The van der Waals surface area contributed by atoms with Crippen molar-refractivity contribution in [1.82, 2.24) is 10.6 Å². The van der Waals surface area contributed by atoms with E-state index in [-0.39, 0.29) is 30.4 Å². The Morgan fingerprint density at radius 1 is 1.53 bits per heavy atom. The average Bonchev–Trinajstić information content (AvgIpc) is 2.85. The largest absolute Gasteiger partial charge is 0.352 e. The van der Waals surface area contributed by atoms with Gasteiger partial charge in [0.05, 0.1) is 6.04 Å². The third-order valence-corrected chi connectivity index (χ3v) is 4.02. The molecule has 1 aliphatic rings. The van der Waals surface area contributed by atoms with Crippen LogP contribution in [0.25, 0.3) is 0 Å². The quantitative estimate of drug-likeness (QED) is 0.879. The normalized spacial score (nSPS) is 19.6. The SMILES string of the molecule is CC(Cc1ccccc1Br)NC(=O)C1CCCN1.Cl. The maximum Gasteiger partial charge on any atom is 0.237 e. The Balaban J connectivity index is 0.00000180. The van der Waals surface area contributed by atoms with Crippen LogP contribution in [-0.4, -0.2) is 24.5 Å². The predicted octanol–water partition coefficient (Wildman–Crippen LogP) is 2.67. The van der Waals surface area contributed by atoms with E-state index in [0.717, 1.165) is 30.3 Å². The molecule has 2 N–H and O–H groups in total. The third kappa shape index (κ3) is 4.79. The summed E-state index contributed by atoms with van der Waals surface area (Å²) in [5, 5.41) is 6.29. The van der Waals surface area contributed by atoms with Crippen molar-refractivity contribution in [2.75, 3.05) is 6.54 Å². The van der Waals surface area contributed by atoms with Crippen molar-refractivity contribution < 1.29 is 4.79 Å². The first-order valence-corrected chi connectivity index (χ1v) is 7.23. The van der Waals surface area contributed by atoms with E-state index in [0.29, 0.717) is 0 Å². The lowest BCUT2D eigenvalue weighted by atomic mass is 10.1. The molecule has 1 amide bonds. The summed E-state index contributed by atoms with van der Waals surface area (Å²) in [7, 11) is 0. The van der Waals surface area contributed by atoms with Crippen LogP contribution >= 0.6 is 28.3 Å². The fourth-order valence-corrected chi connectivity index (χ4v) is 2.74. The second-order valence-corrected chi connectivity index (χ2v) is 5.71. The van der Waals surface area contributed by atoms with Gasteiger partial charge in [0.15, 0.2) is 0 Å². The number of benzene rings is 1. The molecule has 0 aromatic heterocycles. The molecule has 3 nitrogen and oxygen atoms in total. The van der Waals surface area contributed by atoms with Gasteiger partial charge in [-0.3, -0.25) is 4.79 Å². The zero-order valence-electron chi connectivity index (χ0n) is 11.0. The monoisotopic (exact) mass is 346 g/mol. The molecule has 1 aliphatic heterocycles. The van der Waals surface area contributed by atoms with Gasteiger partial charge in [0, 0.05) is 10.5 Å². The molecule has 19 heavy (non-hydrogen) atoms. The number of nitrogens with one attached hydrogen (secondary N) is 2. The summed E-state index contributed by atoms with van der Waals surface area (Å²) in [5.41, 5.74) is 1.23. The van der Waals surface area contributed by atoms with Crippen molar-refractivity contribution in [3.8, 4) is 0 Å². The molecule has 2 atom stereocenters. The minimum Gasteiger partial charge on any atom is -0.352 e. The topological polar surface area (TPSA) is 41.1 Å². The van der Waals surface area contributed by atoms with Crippen LogP contribution in [0.1, 0.15) is 25.3 Å². The first-order chi connectivity index (χ1) is 8.66. The van der Waals surface area contributed by atoms with E-state index < -0.39 is 0 Å². The molecule has 0 saturated carbocycles. The highest BCUT2D eigenvalue weighted by molar-refractivity contribution is 9.10. The van der Waals surface area contributed by atoms with E-state index in [2.05, 4.69) is 32.6 Å². The second kappa shape index (κ2) is 7.88. The summed E-state index contributed by atoms with van der Waals surface area (Å²) in [6, 6.07) is 8.29. The van der Waals surface area contributed by atoms with Crippen LogP contribution in [0.2, 0.25) is 0 Å². The number of hydrogen-bond acceptors (Lipinski definition) is 2. The minimum atomic E-state index is 0. The highest BCUT2D eigenvalue weighted by atomic mass is 79.9. The molecule has 5 heteroatoms. The van der Waals surface area contributed by atoms with Gasteiger partial charge in [0.2, 0.25) is 5.91 Å². The standard InChI is InChI=1S/C14H19BrN2O.ClH/c1-10(9-11-5-2-3-6-12(11)15)17-14(18)13-7-4-8-16-13;/h2-3,5-6,10,13,16H,4,7-9H2,1H3,(H,17,18);1H. The molecule has 106 valence electrons. The lowest BCUT2D eigenvalue weighted by molar-refractivity contribution is -0.123.